The summed E-state index contributed by atoms with van der Waals surface area (Å²) < 4.78 is 12.2. The fourth-order valence-corrected chi connectivity index (χ4v) is 10.1. The normalized spacial score (nSPS) is 36.4. The second-order valence-corrected chi connectivity index (χ2v) is 15.7. The topological polar surface area (TPSA) is 80.0 Å². The Morgan fingerprint density at radius 1 is 1.09 bits per heavy atom. The van der Waals surface area contributed by atoms with Gasteiger partial charge in [0.1, 0.15) is 5.60 Å². The maximum Gasteiger partial charge on any atom is 0.410 e. The third-order valence-corrected chi connectivity index (χ3v) is 13.1. The third kappa shape index (κ3) is 4.78. The van der Waals surface area contributed by atoms with Crippen molar-refractivity contribution in [2.45, 2.75) is 110 Å². The first-order valence-corrected chi connectivity index (χ1v) is 17.0. The number of furan rings is 1. The molecule has 1 aliphatic heterocycles. The van der Waals surface area contributed by atoms with Crippen molar-refractivity contribution in [1.82, 2.24) is 4.90 Å². The monoisotopic (exact) mass is 599 g/mol. The predicted molar refractivity (Wildman–Crippen MR) is 169 cm³/mol. The van der Waals surface area contributed by atoms with Crippen LogP contribution in [0.4, 0.5) is 4.79 Å². The second-order valence-electron chi connectivity index (χ2n) is 15.7. The molecule has 7 aliphatic rings. The summed E-state index contributed by atoms with van der Waals surface area (Å²) in [5.74, 6) is 2.30. The summed E-state index contributed by atoms with van der Waals surface area (Å²) in [6.07, 6.45) is 12.4. The summed E-state index contributed by atoms with van der Waals surface area (Å²) in [5.41, 5.74) is 3.32. The quantitative estimate of drug-likeness (QED) is 0.284. The Bertz CT molecular complexity index is 1460. The Labute approximate surface area is 262 Å². The number of allylic oxidation sites excluding steroid dienone is 2. The van der Waals surface area contributed by atoms with Gasteiger partial charge >= 0.3 is 6.09 Å². The van der Waals surface area contributed by atoms with Gasteiger partial charge in [0.05, 0.1) is 18.9 Å². The average Bonchev–Trinajstić information content (AvgIpc) is 3.71. The number of ketones is 1. The lowest BCUT2D eigenvalue weighted by atomic mass is 9.45. The number of hydrogen-bond donors (Lipinski definition) is 1. The van der Waals surface area contributed by atoms with Gasteiger partial charge in [-0.05, 0) is 130 Å². The molecule has 1 spiro atoms. The number of nitrogens with zero attached hydrogens (tertiary/aromatic N) is 1. The van der Waals surface area contributed by atoms with E-state index in [-0.39, 0.29) is 23.2 Å². The Hall–Kier alpha value is -2.86. The number of carbonyl (C=O) groups excluding carboxylic acids is 2. The van der Waals surface area contributed by atoms with Crippen molar-refractivity contribution >= 4 is 11.9 Å². The van der Waals surface area contributed by atoms with E-state index < -0.39 is 11.7 Å². The van der Waals surface area contributed by atoms with Crippen LogP contribution in [0.3, 0.4) is 0 Å². The van der Waals surface area contributed by atoms with E-state index in [0.29, 0.717) is 48.0 Å². The number of amides is 1. The van der Waals surface area contributed by atoms with Crippen molar-refractivity contribution < 1.29 is 23.8 Å². The summed E-state index contributed by atoms with van der Waals surface area (Å²) in [6, 6.07) is 9.65. The van der Waals surface area contributed by atoms with E-state index in [1.807, 2.05) is 11.0 Å². The molecule has 7 atom stereocenters. The zero-order chi connectivity index (χ0) is 30.9. The van der Waals surface area contributed by atoms with Gasteiger partial charge in [-0.15, -0.1) is 0 Å². The molecule has 1 aromatic heterocycles. The van der Waals surface area contributed by atoms with Gasteiger partial charge in [0.25, 0.3) is 0 Å². The summed E-state index contributed by atoms with van der Waals surface area (Å²) in [7, 11) is 0. The smallest absolute Gasteiger partial charge is 0.410 e. The van der Waals surface area contributed by atoms with Crippen molar-refractivity contribution in [2.75, 3.05) is 13.1 Å². The molecule has 1 saturated heterocycles. The Morgan fingerprint density at radius 2 is 1.93 bits per heavy atom. The van der Waals surface area contributed by atoms with E-state index in [4.69, 9.17) is 9.15 Å². The molecule has 2 aromatic rings. The molecule has 6 nitrogen and oxygen atoms in total. The van der Waals surface area contributed by atoms with E-state index >= 15 is 0 Å². The average molecular weight is 600 g/mol. The van der Waals surface area contributed by atoms with E-state index in [9.17, 15) is 14.7 Å². The van der Waals surface area contributed by atoms with Crippen LogP contribution < -0.4 is 0 Å². The molecule has 1 amide bonds. The molecule has 4 bridgehead atoms. The third-order valence-electron chi connectivity index (χ3n) is 13.1. The maximum absolute atomic E-state index is 13.9. The molecule has 5 fully saturated rings. The van der Waals surface area contributed by atoms with Gasteiger partial charge in [0.2, 0.25) is 5.78 Å². The Balaban J connectivity index is 1.25. The number of aliphatic hydroxyl groups excluding tert-OH is 1. The van der Waals surface area contributed by atoms with E-state index in [1.54, 1.807) is 18.4 Å². The Kier molecular flexibility index (Phi) is 7.38. The van der Waals surface area contributed by atoms with Crippen LogP contribution in [0.2, 0.25) is 0 Å². The molecule has 6 heteroatoms. The van der Waals surface area contributed by atoms with Crippen molar-refractivity contribution in [3.05, 3.63) is 70.7 Å². The highest BCUT2D eigenvalue weighted by Gasteiger charge is 2.64. The molecule has 0 unspecified atom stereocenters. The predicted octanol–water partition coefficient (Wildman–Crippen LogP) is 8.08. The largest absolute Gasteiger partial charge is 0.461 e. The molecule has 9 rings (SSSR count). The minimum absolute atomic E-state index is 0.0424. The number of fused-ring (bicyclic) bond motifs is 10. The van der Waals surface area contributed by atoms with Crippen LogP contribution in [0, 0.1) is 28.6 Å². The Morgan fingerprint density at radius 3 is 2.68 bits per heavy atom. The first kappa shape index (κ1) is 29.8. The lowest BCUT2D eigenvalue weighted by Crippen LogP contribution is -2.55. The molecule has 1 N–H and O–H groups in total. The number of aliphatic hydroxyl groups is 1. The van der Waals surface area contributed by atoms with Crippen LogP contribution in [-0.4, -0.2) is 46.7 Å². The van der Waals surface area contributed by atoms with Gasteiger partial charge in [0.15, 0.2) is 5.76 Å². The molecule has 236 valence electrons. The van der Waals surface area contributed by atoms with Crippen LogP contribution >= 0.6 is 0 Å². The van der Waals surface area contributed by atoms with Crippen LogP contribution in [0.1, 0.15) is 119 Å². The van der Waals surface area contributed by atoms with E-state index in [2.05, 4.69) is 45.9 Å². The van der Waals surface area contributed by atoms with Crippen molar-refractivity contribution in [1.29, 1.82) is 0 Å². The molecule has 2 heterocycles. The standard InChI is InChI=1S/C38H49NO5/c1-24-7-5-16-37(4)31(29-14-10-25(19-28(40)13-9-24)20-30(29)34(41)33-8-6-18-43-33)15-17-38(37)23-39(35(42)44-38)22-26-11-12-27-21-32(26)36(27,2)3/h6-8,10,14,18,20,26-28,31-32,40H,5,9,11-13,15-17,19,21-23H2,1-4H3/t26-,27-,28-,31-,32-,37-,38+/m0/s1. The van der Waals surface area contributed by atoms with Gasteiger partial charge in [-0.25, -0.2) is 4.79 Å². The highest BCUT2D eigenvalue weighted by atomic mass is 16.6. The van der Waals surface area contributed by atoms with Gasteiger partial charge in [-0.2, -0.15) is 0 Å². The first-order valence-electron chi connectivity index (χ1n) is 17.0. The molecule has 1 aromatic carbocycles. The van der Waals surface area contributed by atoms with Crippen LogP contribution in [0.15, 0.2) is 52.7 Å². The van der Waals surface area contributed by atoms with Crippen molar-refractivity contribution in [3.63, 3.8) is 0 Å². The second kappa shape index (κ2) is 10.9. The van der Waals surface area contributed by atoms with Crippen LogP contribution in [-0.2, 0) is 11.2 Å². The molecule has 6 aliphatic carbocycles. The highest BCUT2D eigenvalue weighted by molar-refractivity contribution is 6.08. The summed E-state index contributed by atoms with van der Waals surface area (Å²) in [4.78, 5) is 29.7. The lowest BCUT2D eigenvalue weighted by molar-refractivity contribution is -0.109. The first-order chi connectivity index (χ1) is 21.0. The fourth-order valence-electron chi connectivity index (χ4n) is 10.1. The van der Waals surface area contributed by atoms with E-state index in [1.165, 1.54) is 24.8 Å². The summed E-state index contributed by atoms with van der Waals surface area (Å²) >= 11 is 0. The zero-order valence-electron chi connectivity index (χ0n) is 26.9. The van der Waals surface area contributed by atoms with Gasteiger partial charge in [-0.3, -0.25) is 4.79 Å². The van der Waals surface area contributed by atoms with Gasteiger partial charge in [-0.1, -0.05) is 44.6 Å². The van der Waals surface area contributed by atoms with Crippen LogP contribution in [0.5, 0.6) is 0 Å². The minimum Gasteiger partial charge on any atom is -0.461 e. The molecular weight excluding hydrogens is 550 g/mol. The molecule has 0 radical (unpaired) electrons. The van der Waals surface area contributed by atoms with Crippen molar-refractivity contribution in [2.24, 2.45) is 28.6 Å². The molecule has 4 saturated carbocycles. The van der Waals surface area contributed by atoms with E-state index in [0.717, 1.165) is 55.7 Å². The number of carbonyl (C=O) groups is 2. The number of hydrogen-bond acceptors (Lipinski definition) is 5. The fraction of sp³-hybridized carbons (Fsp3) is 0.632. The molecule has 44 heavy (non-hydrogen) atoms. The van der Waals surface area contributed by atoms with Crippen molar-refractivity contribution in [3.8, 4) is 0 Å². The number of rotatable bonds is 4. The SMILES string of the molecule is CC1=CCC[C@@]2(C)[C@@H](CC[C@@]23CN(C[C@@H]2CC[C@H]4C[C@@H]2C4(C)C)C(=O)O3)c2ccc(cc2C(=O)c2ccco2)C[C@@H](O)CC1. The lowest BCUT2D eigenvalue weighted by Gasteiger charge is -2.60. The van der Waals surface area contributed by atoms with Gasteiger partial charge in [0, 0.05) is 17.5 Å². The highest BCUT2D eigenvalue weighted by Crippen LogP contribution is 2.64. The van der Waals surface area contributed by atoms with Gasteiger partial charge < -0.3 is 19.2 Å². The number of benzene rings is 1. The number of ether oxygens (including phenoxy) is 1. The maximum atomic E-state index is 13.9. The molecular formula is C38H49NO5. The minimum atomic E-state index is -0.597. The van der Waals surface area contributed by atoms with Crippen LogP contribution in [0.25, 0.3) is 0 Å². The summed E-state index contributed by atoms with van der Waals surface area (Å²) in [5, 5.41) is 10.8. The zero-order valence-corrected chi connectivity index (χ0v) is 26.9. The summed E-state index contributed by atoms with van der Waals surface area (Å²) in [6.45, 7) is 10.7.